The van der Waals surface area contributed by atoms with Gasteiger partial charge >= 0.3 is 0 Å². The predicted molar refractivity (Wildman–Crippen MR) is 77.3 cm³/mol. The fourth-order valence-corrected chi connectivity index (χ4v) is 1.63. The Bertz CT molecular complexity index is 579. The van der Waals surface area contributed by atoms with Crippen molar-refractivity contribution in [3.8, 4) is 0 Å². The summed E-state index contributed by atoms with van der Waals surface area (Å²) in [5, 5.41) is 24.8. The minimum absolute atomic E-state index is 0.0335. The lowest BCUT2D eigenvalue weighted by atomic mass is 10.1. The van der Waals surface area contributed by atoms with Gasteiger partial charge in [0.25, 0.3) is 0 Å². The van der Waals surface area contributed by atoms with Crippen LogP contribution in [0.1, 0.15) is 23.7 Å². The van der Waals surface area contributed by atoms with Gasteiger partial charge in [-0.1, -0.05) is 29.8 Å². The summed E-state index contributed by atoms with van der Waals surface area (Å²) in [6, 6.07) is 8.33. The number of Topliss-reactive ketones (excluding diaryl/α,β-unsaturated/α-hetero) is 1. The van der Waals surface area contributed by atoms with Gasteiger partial charge in [-0.25, -0.2) is 4.98 Å². The summed E-state index contributed by atoms with van der Waals surface area (Å²) >= 11 is 0. The number of aliphatic hydroxyl groups is 3. The maximum absolute atomic E-state index is 9.64. The second kappa shape index (κ2) is 8.31. The third-order valence-electron chi connectivity index (χ3n) is 2.76. The Balaban J connectivity index is 0.000000315. The number of benzene rings is 1. The molecule has 114 valence electrons. The van der Waals surface area contributed by atoms with Crippen molar-refractivity contribution in [3.63, 3.8) is 0 Å². The number of aliphatic hydroxyl groups excluding tert-OH is 2. The van der Waals surface area contributed by atoms with E-state index in [0.29, 0.717) is 0 Å². The molecule has 21 heavy (non-hydrogen) atoms. The fraction of sp³-hybridized carbons (Fsp3) is 0.333. The quantitative estimate of drug-likeness (QED) is 0.718. The smallest absolute Gasteiger partial charge is 0.212 e. The van der Waals surface area contributed by atoms with E-state index in [9.17, 15) is 4.79 Å². The Morgan fingerprint density at radius 3 is 2.57 bits per heavy atom. The number of carbonyl (C=O) groups is 1. The number of imidazole rings is 1. The summed E-state index contributed by atoms with van der Waals surface area (Å²) in [5.74, 6) is -0.630. The van der Waals surface area contributed by atoms with Crippen molar-refractivity contribution in [2.24, 2.45) is 0 Å². The Labute approximate surface area is 123 Å². The molecule has 1 heterocycles. The van der Waals surface area contributed by atoms with Crippen molar-refractivity contribution < 1.29 is 20.1 Å². The SMILES string of the molecule is CC(=O)C(O)O.Cc1cccc(Cn2cncc2CO)c1. The van der Waals surface area contributed by atoms with Gasteiger partial charge in [0.2, 0.25) is 6.29 Å². The maximum atomic E-state index is 9.64. The molecule has 0 fully saturated rings. The molecule has 0 saturated heterocycles. The summed E-state index contributed by atoms with van der Waals surface area (Å²) in [7, 11) is 0. The van der Waals surface area contributed by atoms with Gasteiger partial charge in [0.15, 0.2) is 5.78 Å². The van der Waals surface area contributed by atoms with Crippen LogP contribution in [0.2, 0.25) is 0 Å². The number of carbonyl (C=O) groups excluding carboxylic acids is 1. The second-order valence-electron chi connectivity index (χ2n) is 4.64. The Hall–Kier alpha value is -2.02. The fourth-order valence-electron chi connectivity index (χ4n) is 1.63. The van der Waals surface area contributed by atoms with Crippen molar-refractivity contribution in [1.82, 2.24) is 9.55 Å². The van der Waals surface area contributed by atoms with Crippen LogP contribution in [0, 0.1) is 6.92 Å². The first-order valence-electron chi connectivity index (χ1n) is 6.46. The van der Waals surface area contributed by atoms with Gasteiger partial charge in [0.05, 0.1) is 24.8 Å². The lowest BCUT2D eigenvalue weighted by molar-refractivity contribution is -0.142. The highest BCUT2D eigenvalue weighted by molar-refractivity contribution is 5.78. The highest BCUT2D eigenvalue weighted by Crippen LogP contribution is 2.08. The largest absolute Gasteiger partial charge is 0.390 e. The molecular weight excluding hydrogens is 272 g/mol. The van der Waals surface area contributed by atoms with Crippen molar-refractivity contribution >= 4 is 5.78 Å². The molecular formula is C15H20N2O4. The summed E-state index contributed by atoms with van der Waals surface area (Å²) in [4.78, 5) is 13.7. The molecule has 0 aliphatic carbocycles. The third-order valence-corrected chi connectivity index (χ3v) is 2.76. The van der Waals surface area contributed by atoms with Gasteiger partial charge in [-0.2, -0.15) is 0 Å². The van der Waals surface area contributed by atoms with E-state index in [0.717, 1.165) is 19.2 Å². The minimum atomic E-state index is -1.79. The minimum Gasteiger partial charge on any atom is -0.390 e. The monoisotopic (exact) mass is 292 g/mol. The number of aromatic nitrogens is 2. The average molecular weight is 292 g/mol. The first kappa shape index (κ1) is 17.0. The summed E-state index contributed by atoms with van der Waals surface area (Å²) in [6.45, 7) is 3.97. The zero-order valence-corrected chi connectivity index (χ0v) is 12.1. The number of nitrogens with zero attached hydrogens (tertiary/aromatic N) is 2. The van der Waals surface area contributed by atoms with Gasteiger partial charge in [0.1, 0.15) is 0 Å². The molecule has 1 aromatic heterocycles. The van der Waals surface area contributed by atoms with Crippen LogP contribution in [0.4, 0.5) is 0 Å². The molecule has 3 N–H and O–H groups in total. The topological polar surface area (TPSA) is 95.6 Å². The van der Waals surface area contributed by atoms with Crippen LogP contribution < -0.4 is 0 Å². The van der Waals surface area contributed by atoms with Gasteiger partial charge in [-0.15, -0.1) is 0 Å². The summed E-state index contributed by atoms with van der Waals surface area (Å²) < 4.78 is 1.95. The third kappa shape index (κ3) is 5.86. The number of hydrogen-bond donors (Lipinski definition) is 3. The van der Waals surface area contributed by atoms with Gasteiger partial charge in [-0.05, 0) is 19.4 Å². The first-order valence-corrected chi connectivity index (χ1v) is 6.46. The molecule has 6 nitrogen and oxygen atoms in total. The van der Waals surface area contributed by atoms with Crippen LogP contribution in [0.5, 0.6) is 0 Å². The molecule has 6 heteroatoms. The van der Waals surface area contributed by atoms with Crippen LogP contribution in [-0.4, -0.2) is 36.9 Å². The zero-order chi connectivity index (χ0) is 15.8. The molecule has 0 bridgehead atoms. The van der Waals surface area contributed by atoms with Crippen LogP contribution in [0.25, 0.3) is 0 Å². The molecule has 0 atom stereocenters. The van der Waals surface area contributed by atoms with Crippen molar-refractivity contribution in [2.75, 3.05) is 0 Å². The van der Waals surface area contributed by atoms with Crippen LogP contribution in [-0.2, 0) is 17.9 Å². The van der Waals surface area contributed by atoms with E-state index in [1.54, 1.807) is 12.5 Å². The normalized spacial score (nSPS) is 10.2. The first-order chi connectivity index (χ1) is 9.93. The van der Waals surface area contributed by atoms with Gasteiger partial charge in [-0.3, -0.25) is 4.79 Å². The van der Waals surface area contributed by atoms with Crippen LogP contribution in [0.15, 0.2) is 36.8 Å². The zero-order valence-electron chi connectivity index (χ0n) is 12.1. The molecule has 0 radical (unpaired) electrons. The molecule has 0 spiro atoms. The highest BCUT2D eigenvalue weighted by atomic mass is 16.5. The predicted octanol–water partition coefficient (Wildman–Crippen LogP) is 0.618. The van der Waals surface area contributed by atoms with E-state index in [4.69, 9.17) is 15.3 Å². The lowest BCUT2D eigenvalue weighted by Gasteiger charge is -2.06. The van der Waals surface area contributed by atoms with Crippen LogP contribution >= 0.6 is 0 Å². The number of aryl methyl sites for hydroxylation is 1. The van der Waals surface area contributed by atoms with Gasteiger partial charge < -0.3 is 19.9 Å². The second-order valence-corrected chi connectivity index (χ2v) is 4.64. The molecule has 0 saturated carbocycles. The number of hydrogen-bond acceptors (Lipinski definition) is 5. The van der Waals surface area contributed by atoms with E-state index in [-0.39, 0.29) is 6.61 Å². The van der Waals surface area contributed by atoms with E-state index in [2.05, 4.69) is 30.1 Å². The van der Waals surface area contributed by atoms with Crippen LogP contribution in [0.3, 0.4) is 0 Å². The van der Waals surface area contributed by atoms with E-state index >= 15 is 0 Å². The molecule has 0 aliphatic heterocycles. The Morgan fingerprint density at radius 2 is 2.05 bits per heavy atom. The van der Waals surface area contributed by atoms with Crippen molar-refractivity contribution in [1.29, 1.82) is 0 Å². The van der Waals surface area contributed by atoms with E-state index < -0.39 is 12.1 Å². The van der Waals surface area contributed by atoms with Gasteiger partial charge in [0, 0.05) is 6.54 Å². The molecule has 0 unspecified atom stereocenters. The Morgan fingerprint density at radius 1 is 1.38 bits per heavy atom. The molecule has 0 amide bonds. The molecule has 1 aromatic carbocycles. The number of ketones is 1. The lowest BCUT2D eigenvalue weighted by Crippen LogP contribution is -2.14. The highest BCUT2D eigenvalue weighted by Gasteiger charge is 2.01. The summed E-state index contributed by atoms with van der Waals surface area (Å²) in [5.41, 5.74) is 3.32. The van der Waals surface area contributed by atoms with E-state index in [1.165, 1.54) is 11.1 Å². The molecule has 0 aliphatic rings. The standard InChI is InChI=1S/C12H14N2O.C3H6O3/c1-10-3-2-4-11(5-10)7-14-9-13-6-12(14)8-15;1-2(4)3(5)6/h2-6,9,15H,7-8H2,1H3;3,5-6H,1H3. The van der Waals surface area contributed by atoms with Crippen molar-refractivity contribution in [3.05, 3.63) is 53.6 Å². The summed E-state index contributed by atoms with van der Waals surface area (Å²) in [6.07, 6.45) is 1.65. The molecule has 2 aromatic rings. The average Bonchev–Trinajstić information content (AvgIpc) is 2.86. The Kier molecular flexibility index (Phi) is 6.74. The van der Waals surface area contributed by atoms with Crippen molar-refractivity contribution in [2.45, 2.75) is 33.3 Å². The maximum Gasteiger partial charge on any atom is 0.212 e. The number of rotatable bonds is 4. The van der Waals surface area contributed by atoms with E-state index in [1.807, 2.05) is 10.6 Å². The molecule has 2 rings (SSSR count).